The molecule has 0 aliphatic rings. The predicted octanol–water partition coefficient (Wildman–Crippen LogP) is 6.08. The average Bonchev–Trinajstić information content (AvgIpc) is 3.03. The third-order valence-corrected chi connectivity index (χ3v) is 4.28. The van der Waals surface area contributed by atoms with Crippen LogP contribution in [0.5, 0.6) is 5.75 Å². The van der Waals surface area contributed by atoms with E-state index in [9.17, 15) is 5.11 Å². The summed E-state index contributed by atoms with van der Waals surface area (Å²) in [7, 11) is 0. The fourth-order valence-corrected chi connectivity index (χ4v) is 2.74. The summed E-state index contributed by atoms with van der Waals surface area (Å²) in [4.78, 5) is 5.07. The summed E-state index contributed by atoms with van der Waals surface area (Å²) in [6.07, 6.45) is 9.76. The number of phenols is 1. The number of anilines is 1. The van der Waals surface area contributed by atoms with E-state index in [4.69, 9.17) is 5.73 Å². The molecule has 0 saturated carbocycles. The lowest BCUT2D eigenvalue weighted by Crippen LogP contribution is -1.88. The Labute approximate surface area is 154 Å². The number of thiazole rings is 1. The van der Waals surface area contributed by atoms with E-state index < -0.39 is 0 Å². The second kappa shape index (κ2) is 10.3. The maximum Gasteiger partial charge on any atom is 0.180 e. The largest absolute Gasteiger partial charge is 0.507 e. The molecule has 3 N–H and O–H groups in total. The Kier molecular flexibility index (Phi) is 8.44. The van der Waals surface area contributed by atoms with Crippen molar-refractivity contribution < 1.29 is 5.11 Å². The van der Waals surface area contributed by atoms with Crippen LogP contribution in [0.25, 0.3) is 11.1 Å². The van der Waals surface area contributed by atoms with Gasteiger partial charge < -0.3 is 10.8 Å². The van der Waals surface area contributed by atoms with Crippen molar-refractivity contribution in [3.63, 3.8) is 0 Å². The van der Waals surface area contributed by atoms with Crippen LogP contribution in [-0.2, 0) is 0 Å². The van der Waals surface area contributed by atoms with E-state index in [1.807, 2.05) is 64.1 Å². The third-order valence-electron chi connectivity index (χ3n) is 3.41. The molecule has 0 fully saturated rings. The van der Waals surface area contributed by atoms with Crippen LogP contribution in [0.15, 0.2) is 66.9 Å². The Hall–Kier alpha value is -2.59. The van der Waals surface area contributed by atoms with E-state index in [1.54, 1.807) is 18.3 Å². The van der Waals surface area contributed by atoms with Crippen LogP contribution in [0.2, 0.25) is 0 Å². The molecule has 0 bridgehead atoms. The zero-order valence-electron chi connectivity index (χ0n) is 15.3. The normalized spacial score (nSPS) is 12.0. The van der Waals surface area contributed by atoms with Crippen molar-refractivity contribution in [3.05, 3.63) is 77.4 Å². The molecule has 0 radical (unpaired) electrons. The highest BCUT2D eigenvalue weighted by atomic mass is 32.1. The van der Waals surface area contributed by atoms with Crippen molar-refractivity contribution in [2.45, 2.75) is 27.7 Å². The van der Waals surface area contributed by atoms with Crippen LogP contribution in [0.4, 0.5) is 5.13 Å². The lowest BCUT2D eigenvalue weighted by Gasteiger charge is -2.10. The van der Waals surface area contributed by atoms with Crippen LogP contribution in [0.3, 0.4) is 0 Å². The Morgan fingerprint density at radius 1 is 1.20 bits per heavy atom. The van der Waals surface area contributed by atoms with Crippen LogP contribution in [-0.4, -0.2) is 10.1 Å². The molecule has 0 spiro atoms. The Morgan fingerprint density at radius 2 is 1.84 bits per heavy atom. The van der Waals surface area contributed by atoms with Crippen molar-refractivity contribution in [2.75, 3.05) is 5.73 Å². The Bertz CT molecular complexity index is 794. The first kappa shape index (κ1) is 20.5. The minimum Gasteiger partial charge on any atom is -0.507 e. The minimum atomic E-state index is 0.242. The molecule has 1 aromatic heterocycles. The van der Waals surface area contributed by atoms with Gasteiger partial charge >= 0.3 is 0 Å². The van der Waals surface area contributed by atoms with Crippen molar-refractivity contribution in [3.8, 4) is 5.75 Å². The number of allylic oxidation sites excluding steroid dienone is 7. The molecule has 0 saturated heterocycles. The van der Waals surface area contributed by atoms with Crippen molar-refractivity contribution in [1.82, 2.24) is 4.98 Å². The van der Waals surface area contributed by atoms with Crippen LogP contribution < -0.4 is 5.73 Å². The molecule has 3 nitrogen and oxygen atoms in total. The highest BCUT2D eigenvalue weighted by molar-refractivity contribution is 7.16. The van der Waals surface area contributed by atoms with Gasteiger partial charge in [-0.1, -0.05) is 59.9 Å². The topological polar surface area (TPSA) is 59.1 Å². The number of aromatic hydroxyl groups is 1. The van der Waals surface area contributed by atoms with E-state index >= 15 is 0 Å². The van der Waals surface area contributed by atoms with Crippen LogP contribution in [0.1, 0.15) is 38.1 Å². The summed E-state index contributed by atoms with van der Waals surface area (Å²) in [6.45, 7) is 11.9. The van der Waals surface area contributed by atoms with E-state index in [2.05, 4.69) is 11.6 Å². The molecule has 25 heavy (non-hydrogen) atoms. The molecule has 2 aromatic rings. The average molecular weight is 355 g/mol. The van der Waals surface area contributed by atoms with Crippen molar-refractivity contribution >= 4 is 27.6 Å². The maximum absolute atomic E-state index is 10.1. The fraction of sp³-hybridized carbons (Fsp3) is 0.190. The molecular formula is C21H26N2OS. The Morgan fingerprint density at radius 3 is 2.28 bits per heavy atom. The highest BCUT2D eigenvalue weighted by Gasteiger charge is 2.10. The summed E-state index contributed by atoms with van der Waals surface area (Å²) >= 11 is 1.44. The first-order valence-corrected chi connectivity index (χ1v) is 8.87. The van der Waals surface area contributed by atoms with Crippen molar-refractivity contribution in [2.24, 2.45) is 0 Å². The minimum absolute atomic E-state index is 0.242. The molecule has 132 valence electrons. The van der Waals surface area contributed by atoms with E-state index in [0.29, 0.717) is 5.13 Å². The van der Waals surface area contributed by atoms with Crippen LogP contribution >= 0.6 is 11.3 Å². The number of para-hydroxylation sites is 1. The lowest BCUT2D eigenvalue weighted by molar-refractivity contribution is 0.473. The van der Waals surface area contributed by atoms with Gasteiger partial charge in [-0.3, -0.25) is 0 Å². The van der Waals surface area contributed by atoms with Gasteiger partial charge in [-0.15, -0.1) is 0 Å². The van der Waals surface area contributed by atoms with Gasteiger partial charge in [0.05, 0.1) is 4.88 Å². The molecule has 2 rings (SSSR count). The molecule has 4 heteroatoms. The summed E-state index contributed by atoms with van der Waals surface area (Å²) in [5.41, 5.74) is 9.25. The summed E-state index contributed by atoms with van der Waals surface area (Å²) in [6, 6.07) is 7.25. The highest BCUT2D eigenvalue weighted by Crippen LogP contribution is 2.33. The predicted molar refractivity (Wildman–Crippen MR) is 112 cm³/mol. The number of hydrogen-bond acceptors (Lipinski definition) is 4. The van der Waals surface area contributed by atoms with Gasteiger partial charge in [-0.2, -0.15) is 0 Å². The molecule has 1 heterocycles. The van der Waals surface area contributed by atoms with Gasteiger partial charge in [0, 0.05) is 11.8 Å². The SMILES string of the molecule is C/C=C\C.C=C(C)/C(=C\C(=C/C)c1cnc(N)s1)c1ccccc1O. The van der Waals surface area contributed by atoms with Crippen LogP contribution in [0, 0.1) is 0 Å². The maximum atomic E-state index is 10.1. The van der Waals surface area contributed by atoms with E-state index in [1.165, 1.54) is 11.3 Å². The number of rotatable bonds is 4. The smallest absolute Gasteiger partial charge is 0.180 e. The van der Waals surface area contributed by atoms with E-state index in [-0.39, 0.29) is 5.75 Å². The molecule has 1 aromatic carbocycles. The lowest BCUT2D eigenvalue weighted by atomic mass is 9.96. The van der Waals surface area contributed by atoms with Gasteiger partial charge in [0.25, 0.3) is 0 Å². The molecule has 0 unspecified atom stereocenters. The standard InChI is InChI=1S/C17H18N2OS.C4H8/c1-4-12(16-10-19-17(18)21-16)9-14(11(2)3)13-7-5-6-8-15(13)20;1-3-4-2/h4-10,20H,2H2,1,3H3,(H2,18,19);3-4H,1-2H3/b12-4+,14-9+;4-3-. The number of nitrogen functional groups attached to an aromatic ring is 1. The molecule has 0 aliphatic heterocycles. The van der Waals surface area contributed by atoms with Gasteiger partial charge in [0.15, 0.2) is 5.13 Å². The number of benzene rings is 1. The number of aromatic nitrogens is 1. The second-order valence-electron chi connectivity index (χ2n) is 5.33. The van der Waals surface area contributed by atoms with Gasteiger partial charge in [0.2, 0.25) is 0 Å². The molecule has 0 amide bonds. The first-order chi connectivity index (χ1) is 11.9. The summed E-state index contributed by atoms with van der Waals surface area (Å²) in [5.74, 6) is 0.242. The summed E-state index contributed by atoms with van der Waals surface area (Å²) < 4.78 is 0. The molecule has 0 aliphatic carbocycles. The molecular weight excluding hydrogens is 328 g/mol. The number of hydrogen-bond donors (Lipinski definition) is 2. The third kappa shape index (κ3) is 6.08. The van der Waals surface area contributed by atoms with E-state index in [0.717, 1.165) is 27.2 Å². The molecule has 0 atom stereocenters. The van der Waals surface area contributed by atoms with Gasteiger partial charge in [-0.05, 0) is 51.0 Å². The first-order valence-electron chi connectivity index (χ1n) is 8.05. The quantitative estimate of drug-likeness (QED) is 0.517. The number of phenolic OH excluding ortho intramolecular Hbond substituents is 1. The zero-order chi connectivity index (χ0) is 18.8. The monoisotopic (exact) mass is 354 g/mol. The van der Waals surface area contributed by atoms with Gasteiger partial charge in [-0.25, -0.2) is 4.98 Å². The summed E-state index contributed by atoms with van der Waals surface area (Å²) in [5, 5.41) is 10.6. The zero-order valence-corrected chi connectivity index (χ0v) is 16.1. The Balaban J connectivity index is 0.000000705. The number of nitrogens with zero attached hydrogens (tertiary/aromatic N) is 1. The fourth-order valence-electron chi connectivity index (χ4n) is 2.01. The second-order valence-corrected chi connectivity index (χ2v) is 6.39. The van der Waals surface area contributed by atoms with Gasteiger partial charge in [0.1, 0.15) is 5.75 Å². The van der Waals surface area contributed by atoms with Crippen molar-refractivity contribution in [1.29, 1.82) is 0 Å². The number of nitrogens with two attached hydrogens (primary N) is 1.